The molecule has 2 amide bonds. The van der Waals surface area contributed by atoms with Crippen molar-refractivity contribution in [2.24, 2.45) is 0 Å². The average Bonchev–Trinajstić information content (AvgIpc) is 2.62. The fourth-order valence-electron chi connectivity index (χ4n) is 2.23. The van der Waals surface area contributed by atoms with Gasteiger partial charge in [0.1, 0.15) is 5.82 Å². The van der Waals surface area contributed by atoms with E-state index in [9.17, 15) is 9.59 Å². The molecule has 2 aromatic carbocycles. The van der Waals surface area contributed by atoms with Gasteiger partial charge in [0.15, 0.2) is 0 Å². The van der Waals surface area contributed by atoms with Gasteiger partial charge in [0, 0.05) is 22.9 Å². The molecule has 2 N–H and O–H groups in total. The Bertz CT molecular complexity index is 824. The molecule has 0 aliphatic heterocycles. The van der Waals surface area contributed by atoms with Gasteiger partial charge in [0.2, 0.25) is 5.95 Å². The van der Waals surface area contributed by atoms with Crippen LogP contribution in [0.2, 0.25) is 0 Å². The molecule has 6 heteroatoms. The van der Waals surface area contributed by atoms with Crippen molar-refractivity contribution in [1.82, 2.24) is 9.97 Å². The van der Waals surface area contributed by atoms with Gasteiger partial charge in [-0.2, -0.15) is 4.98 Å². The lowest BCUT2D eigenvalue weighted by atomic mass is 10.2. The van der Waals surface area contributed by atoms with Gasteiger partial charge in [0.25, 0.3) is 11.8 Å². The Morgan fingerprint density at radius 1 is 0.760 bits per heavy atom. The van der Waals surface area contributed by atoms with E-state index in [1.165, 1.54) is 0 Å². The molecule has 0 saturated heterocycles. The van der Waals surface area contributed by atoms with Gasteiger partial charge in [-0.15, -0.1) is 0 Å². The Morgan fingerprint density at radius 2 is 1.28 bits per heavy atom. The lowest BCUT2D eigenvalue weighted by Gasteiger charge is -2.09. The Hall–Kier alpha value is -3.54. The highest BCUT2D eigenvalue weighted by Gasteiger charge is 2.11. The van der Waals surface area contributed by atoms with Crippen LogP contribution in [-0.4, -0.2) is 21.8 Å². The summed E-state index contributed by atoms with van der Waals surface area (Å²) < 4.78 is 0. The van der Waals surface area contributed by atoms with Gasteiger partial charge in [-0.25, -0.2) is 4.98 Å². The second kappa shape index (κ2) is 7.35. The number of rotatable bonds is 4. The normalized spacial score (nSPS) is 10.1. The molecule has 0 aliphatic rings. The molecule has 0 aliphatic carbocycles. The van der Waals surface area contributed by atoms with Crippen LogP contribution in [-0.2, 0) is 0 Å². The van der Waals surface area contributed by atoms with Gasteiger partial charge < -0.3 is 5.32 Å². The molecule has 3 aromatic rings. The molecule has 0 bridgehead atoms. The Morgan fingerprint density at radius 3 is 1.84 bits per heavy atom. The van der Waals surface area contributed by atoms with Crippen LogP contribution in [0, 0.1) is 6.92 Å². The van der Waals surface area contributed by atoms with Crippen LogP contribution in [0.3, 0.4) is 0 Å². The van der Waals surface area contributed by atoms with Crippen molar-refractivity contribution in [1.29, 1.82) is 0 Å². The molecule has 0 spiro atoms. The number of aromatic nitrogens is 2. The monoisotopic (exact) mass is 332 g/mol. The minimum Gasteiger partial charge on any atom is -0.306 e. The summed E-state index contributed by atoms with van der Waals surface area (Å²) in [5.74, 6) is -0.132. The van der Waals surface area contributed by atoms with Crippen molar-refractivity contribution in [3.8, 4) is 0 Å². The number of hydrogen-bond acceptors (Lipinski definition) is 4. The maximum absolute atomic E-state index is 12.2. The zero-order valence-corrected chi connectivity index (χ0v) is 13.6. The van der Waals surface area contributed by atoms with Gasteiger partial charge >= 0.3 is 0 Å². The first kappa shape index (κ1) is 16.3. The molecule has 0 radical (unpaired) electrons. The summed E-state index contributed by atoms with van der Waals surface area (Å²) >= 11 is 0. The predicted octanol–water partition coefficient (Wildman–Crippen LogP) is 3.29. The maximum atomic E-state index is 12.2. The van der Waals surface area contributed by atoms with Gasteiger partial charge in [-0.1, -0.05) is 36.4 Å². The van der Waals surface area contributed by atoms with E-state index in [1.54, 1.807) is 61.5 Å². The standard InChI is InChI=1S/C19H16N4O2/c1-13-12-16(21-17(24)14-8-4-2-5-9-14)22-19(20-13)23-18(25)15-10-6-3-7-11-15/h2-12H,1H3,(H2,20,21,22,23,24,25). The van der Waals surface area contributed by atoms with Crippen LogP contribution in [0.15, 0.2) is 66.7 Å². The minimum absolute atomic E-state index is 0.136. The van der Waals surface area contributed by atoms with Crippen LogP contribution < -0.4 is 10.6 Å². The Labute approximate surface area is 145 Å². The highest BCUT2D eigenvalue weighted by atomic mass is 16.2. The maximum Gasteiger partial charge on any atom is 0.258 e. The fraction of sp³-hybridized carbons (Fsp3) is 0.0526. The smallest absolute Gasteiger partial charge is 0.258 e. The van der Waals surface area contributed by atoms with E-state index in [-0.39, 0.29) is 17.8 Å². The molecule has 3 rings (SSSR count). The fourth-order valence-corrected chi connectivity index (χ4v) is 2.23. The van der Waals surface area contributed by atoms with E-state index in [2.05, 4.69) is 20.6 Å². The molecule has 0 unspecified atom stereocenters. The molecule has 25 heavy (non-hydrogen) atoms. The minimum atomic E-state index is -0.313. The average molecular weight is 332 g/mol. The van der Waals surface area contributed by atoms with Crippen LogP contribution in [0.4, 0.5) is 11.8 Å². The molecular weight excluding hydrogens is 316 g/mol. The van der Waals surface area contributed by atoms with Crippen molar-refractivity contribution < 1.29 is 9.59 Å². The first-order chi connectivity index (χ1) is 12.1. The zero-order valence-electron chi connectivity index (χ0n) is 13.6. The molecule has 1 heterocycles. The number of anilines is 2. The topological polar surface area (TPSA) is 84.0 Å². The molecule has 6 nitrogen and oxygen atoms in total. The summed E-state index contributed by atoms with van der Waals surface area (Å²) in [6, 6.07) is 19.2. The number of amides is 2. The summed E-state index contributed by atoms with van der Waals surface area (Å²) in [7, 11) is 0. The Balaban J connectivity index is 1.76. The lowest BCUT2D eigenvalue weighted by Crippen LogP contribution is -2.17. The third-order valence-corrected chi connectivity index (χ3v) is 3.39. The highest BCUT2D eigenvalue weighted by Crippen LogP contribution is 2.12. The van der Waals surface area contributed by atoms with Gasteiger partial charge in [-0.3, -0.25) is 14.9 Å². The largest absolute Gasteiger partial charge is 0.306 e. The van der Waals surface area contributed by atoms with Crippen molar-refractivity contribution >= 4 is 23.6 Å². The SMILES string of the molecule is Cc1cc(NC(=O)c2ccccc2)nc(NC(=O)c2ccccc2)n1. The van der Waals surface area contributed by atoms with E-state index in [0.29, 0.717) is 22.6 Å². The number of hydrogen-bond donors (Lipinski definition) is 2. The Kier molecular flexibility index (Phi) is 4.80. The van der Waals surface area contributed by atoms with E-state index in [0.717, 1.165) is 0 Å². The molecular formula is C19H16N4O2. The van der Waals surface area contributed by atoms with Crippen molar-refractivity contribution in [3.63, 3.8) is 0 Å². The first-order valence-electron chi connectivity index (χ1n) is 7.70. The lowest BCUT2D eigenvalue weighted by molar-refractivity contribution is 0.101. The summed E-state index contributed by atoms with van der Waals surface area (Å²) in [4.78, 5) is 32.8. The third kappa shape index (κ3) is 4.26. The highest BCUT2D eigenvalue weighted by molar-refractivity contribution is 6.05. The first-order valence-corrected chi connectivity index (χ1v) is 7.70. The number of aryl methyl sites for hydroxylation is 1. The molecule has 0 saturated carbocycles. The van der Waals surface area contributed by atoms with Crippen molar-refractivity contribution in [2.75, 3.05) is 10.6 Å². The summed E-state index contributed by atoms with van der Waals surface area (Å²) in [6.07, 6.45) is 0. The summed E-state index contributed by atoms with van der Waals surface area (Å²) in [5.41, 5.74) is 1.65. The molecule has 0 atom stereocenters. The summed E-state index contributed by atoms with van der Waals surface area (Å²) in [6.45, 7) is 1.76. The van der Waals surface area contributed by atoms with E-state index >= 15 is 0 Å². The second-order valence-corrected chi connectivity index (χ2v) is 5.36. The number of nitrogens with one attached hydrogen (secondary N) is 2. The van der Waals surface area contributed by atoms with E-state index in [1.807, 2.05) is 12.1 Å². The van der Waals surface area contributed by atoms with E-state index < -0.39 is 0 Å². The number of nitrogens with zero attached hydrogens (tertiary/aromatic N) is 2. The van der Waals surface area contributed by atoms with E-state index in [4.69, 9.17) is 0 Å². The zero-order chi connectivity index (χ0) is 17.6. The second-order valence-electron chi connectivity index (χ2n) is 5.36. The van der Waals surface area contributed by atoms with Gasteiger partial charge in [-0.05, 0) is 31.2 Å². The van der Waals surface area contributed by atoms with Crippen LogP contribution >= 0.6 is 0 Å². The number of carbonyl (C=O) groups excluding carboxylic acids is 2. The molecule has 1 aromatic heterocycles. The van der Waals surface area contributed by atoms with Gasteiger partial charge in [0.05, 0.1) is 0 Å². The molecule has 0 fully saturated rings. The molecule has 124 valence electrons. The summed E-state index contributed by atoms with van der Waals surface area (Å²) in [5, 5.41) is 5.35. The van der Waals surface area contributed by atoms with Crippen molar-refractivity contribution in [2.45, 2.75) is 6.92 Å². The predicted molar refractivity (Wildman–Crippen MR) is 95.6 cm³/mol. The van der Waals surface area contributed by atoms with Crippen LogP contribution in [0.25, 0.3) is 0 Å². The number of carbonyl (C=O) groups is 2. The quantitative estimate of drug-likeness (QED) is 0.768. The van der Waals surface area contributed by atoms with Crippen molar-refractivity contribution in [3.05, 3.63) is 83.6 Å². The van der Waals surface area contributed by atoms with Crippen LogP contribution in [0.5, 0.6) is 0 Å². The number of benzene rings is 2. The van der Waals surface area contributed by atoms with Crippen LogP contribution in [0.1, 0.15) is 26.4 Å². The third-order valence-electron chi connectivity index (χ3n) is 3.39.